The molecule has 1 rings (SSSR count). The van der Waals surface area contributed by atoms with Crippen molar-refractivity contribution in [2.24, 2.45) is 0 Å². The molecule has 0 fully saturated rings. The summed E-state index contributed by atoms with van der Waals surface area (Å²) < 4.78 is 31.2. The number of nitrogens with zero attached hydrogens (tertiary/aromatic N) is 1. The van der Waals surface area contributed by atoms with Crippen LogP contribution in [0, 0.1) is 10.1 Å². The van der Waals surface area contributed by atoms with Crippen molar-refractivity contribution in [3.63, 3.8) is 0 Å². The molecule has 0 aliphatic heterocycles. The van der Waals surface area contributed by atoms with E-state index in [-0.39, 0.29) is 34.6 Å². The third-order valence-electron chi connectivity index (χ3n) is 2.49. The molecule has 0 spiro atoms. The Morgan fingerprint density at radius 1 is 1.32 bits per heavy atom. The number of non-ortho nitro benzene ring substituents is 1. The number of nitro groups is 1. The van der Waals surface area contributed by atoms with Crippen molar-refractivity contribution in [3.8, 4) is 0 Å². The smallest absolute Gasteiger partial charge is 0.271 e. The molecule has 0 saturated heterocycles. The van der Waals surface area contributed by atoms with Crippen molar-refractivity contribution in [1.82, 2.24) is 10.0 Å². The van der Waals surface area contributed by atoms with Gasteiger partial charge in [-0.1, -0.05) is 11.6 Å². The fourth-order valence-corrected chi connectivity index (χ4v) is 3.04. The van der Waals surface area contributed by atoms with Crippen molar-refractivity contribution in [1.29, 1.82) is 0 Å². The Morgan fingerprint density at radius 2 is 2.00 bits per heavy atom. The molecule has 0 unspecified atom stereocenters. The molecule has 0 aliphatic carbocycles. The first-order chi connectivity index (χ1) is 9.88. The van der Waals surface area contributed by atoms with Gasteiger partial charge in [-0.15, -0.1) is 12.4 Å². The Morgan fingerprint density at radius 3 is 2.55 bits per heavy atom. The van der Waals surface area contributed by atoms with Gasteiger partial charge in [0.25, 0.3) is 5.69 Å². The van der Waals surface area contributed by atoms with Gasteiger partial charge < -0.3 is 10.1 Å². The summed E-state index contributed by atoms with van der Waals surface area (Å²) in [6, 6.07) is 3.21. The maximum atomic E-state index is 12.0. The molecule has 0 aliphatic rings. The third kappa shape index (κ3) is 6.42. The van der Waals surface area contributed by atoms with Crippen molar-refractivity contribution < 1.29 is 18.1 Å². The number of hydrogen-bond acceptors (Lipinski definition) is 6. The Labute approximate surface area is 139 Å². The third-order valence-corrected chi connectivity index (χ3v) is 4.44. The van der Waals surface area contributed by atoms with Crippen LogP contribution in [-0.4, -0.2) is 46.7 Å². The fraction of sp³-hybridized carbons (Fsp3) is 0.455. The highest BCUT2D eigenvalue weighted by atomic mass is 35.5. The molecule has 126 valence electrons. The zero-order valence-electron chi connectivity index (χ0n) is 11.7. The lowest BCUT2D eigenvalue weighted by Gasteiger charge is -2.09. The number of hydrogen-bond donors (Lipinski definition) is 2. The molecular formula is C11H17Cl2N3O5S. The molecule has 0 saturated carbocycles. The van der Waals surface area contributed by atoms with E-state index < -0.39 is 14.9 Å². The van der Waals surface area contributed by atoms with E-state index in [4.69, 9.17) is 16.3 Å². The first-order valence-corrected chi connectivity index (χ1v) is 7.88. The van der Waals surface area contributed by atoms with Gasteiger partial charge in [-0.3, -0.25) is 10.1 Å². The summed E-state index contributed by atoms with van der Waals surface area (Å²) in [5.41, 5.74) is -0.264. The van der Waals surface area contributed by atoms with Crippen LogP contribution in [0.2, 0.25) is 5.02 Å². The van der Waals surface area contributed by atoms with Crippen LogP contribution in [0.25, 0.3) is 0 Å². The zero-order chi connectivity index (χ0) is 15.9. The van der Waals surface area contributed by atoms with Gasteiger partial charge in [0, 0.05) is 38.9 Å². The lowest BCUT2D eigenvalue weighted by molar-refractivity contribution is -0.384. The number of nitro benzene ring substituents is 1. The average Bonchev–Trinajstić information content (AvgIpc) is 2.42. The van der Waals surface area contributed by atoms with Gasteiger partial charge in [-0.2, -0.15) is 0 Å². The second-order valence-corrected chi connectivity index (χ2v) is 6.15. The second kappa shape index (κ2) is 9.93. The van der Waals surface area contributed by atoms with Crippen LogP contribution >= 0.6 is 24.0 Å². The molecule has 22 heavy (non-hydrogen) atoms. The molecular weight excluding hydrogens is 357 g/mol. The first-order valence-electron chi connectivity index (χ1n) is 6.01. The summed E-state index contributed by atoms with van der Waals surface area (Å²) >= 11 is 5.78. The minimum atomic E-state index is -3.80. The van der Waals surface area contributed by atoms with Gasteiger partial charge in [0.1, 0.15) is 4.90 Å². The van der Waals surface area contributed by atoms with Crippen LogP contribution in [0.4, 0.5) is 5.69 Å². The summed E-state index contributed by atoms with van der Waals surface area (Å²) in [7, 11) is -2.23. The summed E-state index contributed by atoms with van der Waals surface area (Å²) in [5, 5.41) is 13.4. The van der Waals surface area contributed by atoms with Crippen LogP contribution in [0.1, 0.15) is 0 Å². The first kappa shape index (κ1) is 21.0. The molecule has 0 heterocycles. The SMILES string of the molecule is COCCNCCNS(=O)(=O)c1ccc([N+](=O)[O-])cc1Cl.Cl. The topological polar surface area (TPSA) is 111 Å². The highest BCUT2D eigenvalue weighted by Gasteiger charge is 2.19. The van der Waals surface area contributed by atoms with E-state index in [1.165, 1.54) is 0 Å². The van der Waals surface area contributed by atoms with Crippen molar-refractivity contribution in [2.45, 2.75) is 4.90 Å². The van der Waals surface area contributed by atoms with E-state index in [9.17, 15) is 18.5 Å². The number of rotatable bonds is 9. The molecule has 1 aromatic carbocycles. The van der Waals surface area contributed by atoms with Crippen molar-refractivity contribution in [3.05, 3.63) is 33.3 Å². The Hall–Kier alpha value is -0.970. The highest BCUT2D eigenvalue weighted by Crippen LogP contribution is 2.25. The number of methoxy groups -OCH3 is 1. The molecule has 8 nitrogen and oxygen atoms in total. The molecule has 0 atom stereocenters. The van der Waals surface area contributed by atoms with Gasteiger partial charge in [-0.05, 0) is 6.07 Å². The second-order valence-electron chi connectivity index (χ2n) is 4.01. The maximum Gasteiger partial charge on any atom is 0.271 e. The summed E-state index contributed by atoms with van der Waals surface area (Å²) in [6.45, 7) is 1.73. The van der Waals surface area contributed by atoms with E-state index in [0.717, 1.165) is 18.2 Å². The Bertz CT molecular complexity index is 597. The lowest BCUT2D eigenvalue weighted by atomic mass is 10.3. The Balaban J connectivity index is 0.00000441. The predicted molar refractivity (Wildman–Crippen MR) is 85.3 cm³/mol. The molecule has 0 radical (unpaired) electrons. The minimum absolute atomic E-state index is 0. The number of ether oxygens (including phenoxy) is 1. The quantitative estimate of drug-likeness (QED) is 0.382. The van der Waals surface area contributed by atoms with Crippen molar-refractivity contribution >= 4 is 39.7 Å². The van der Waals surface area contributed by atoms with Gasteiger partial charge >= 0.3 is 0 Å². The number of sulfonamides is 1. The van der Waals surface area contributed by atoms with E-state index in [2.05, 4.69) is 10.0 Å². The highest BCUT2D eigenvalue weighted by molar-refractivity contribution is 7.89. The molecule has 0 bridgehead atoms. The van der Waals surface area contributed by atoms with Gasteiger partial charge in [0.15, 0.2) is 0 Å². The number of benzene rings is 1. The van der Waals surface area contributed by atoms with E-state index in [1.807, 2.05) is 0 Å². The van der Waals surface area contributed by atoms with Crippen LogP contribution in [-0.2, 0) is 14.8 Å². The molecule has 0 amide bonds. The van der Waals surface area contributed by atoms with Crippen LogP contribution < -0.4 is 10.0 Å². The molecule has 2 N–H and O–H groups in total. The van der Waals surface area contributed by atoms with Gasteiger partial charge in [0.2, 0.25) is 10.0 Å². The molecule has 1 aromatic rings. The fourth-order valence-electron chi connectivity index (χ4n) is 1.47. The van der Waals surface area contributed by atoms with Crippen LogP contribution in [0.15, 0.2) is 23.1 Å². The summed E-state index contributed by atoms with van der Waals surface area (Å²) in [6.07, 6.45) is 0. The van der Waals surface area contributed by atoms with E-state index >= 15 is 0 Å². The lowest BCUT2D eigenvalue weighted by Crippen LogP contribution is -2.33. The minimum Gasteiger partial charge on any atom is -0.383 e. The summed E-state index contributed by atoms with van der Waals surface area (Å²) in [4.78, 5) is 9.74. The van der Waals surface area contributed by atoms with Crippen LogP contribution in [0.5, 0.6) is 0 Å². The standard InChI is InChI=1S/C11H16ClN3O5S.ClH/c1-20-7-6-13-4-5-14-21(18,19)11-3-2-9(15(16)17)8-10(11)12;/h2-3,8,13-14H,4-7H2,1H3;1H. The van der Waals surface area contributed by atoms with Crippen LogP contribution in [0.3, 0.4) is 0 Å². The average molecular weight is 374 g/mol. The van der Waals surface area contributed by atoms with Gasteiger partial charge in [0.05, 0.1) is 16.6 Å². The monoisotopic (exact) mass is 373 g/mol. The normalized spacial score (nSPS) is 11.0. The maximum absolute atomic E-state index is 12.0. The van der Waals surface area contributed by atoms with E-state index in [0.29, 0.717) is 19.7 Å². The number of halogens is 2. The van der Waals surface area contributed by atoms with Gasteiger partial charge in [-0.25, -0.2) is 13.1 Å². The predicted octanol–water partition coefficient (Wildman–Crippen LogP) is 1.18. The number of nitrogens with one attached hydrogen (secondary N) is 2. The Kier molecular flexibility index (Phi) is 9.49. The van der Waals surface area contributed by atoms with Crippen molar-refractivity contribution in [2.75, 3.05) is 33.4 Å². The molecule has 0 aromatic heterocycles. The largest absolute Gasteiger partial charge is 0.383 e. The molecule has 11 heteroatoms. The summed E-state index contributed by atoms with van der Waals surface area (Å²) in [5.74, 6) is 0. The zero-order valence-corrected chi connectivity index (χ0v) is 14.1. The van der Waals surface area contributed by atoms with E-state index in [1.54, 1.807) is 7.11 Å².